The normalized spacial score (nSPS) is 28.0. The zero-order valence-corrected chi connectivity index (χ0v) is 13.9. The Morgan fingerprint density at radius 1 is 0.714 bits per heavy atom. The lowest BCUT2D eigenvalue weighted by atomic mass is 10.1. The second-order valence-electron chi connectivity index (χ2n) is 7.46. The highest BCUT2D eigenvalue weighted by Crippen LogP contribution is 2.24. The molecule has 1 heterocycles. The summed E-state index contributed by atoms with van der Waals surface area (Å²) in [6.07, 6.45) is 14.5. The van der Waals surface area contributed by atoms with Gasteiger partial charge in [0.2, 0.25) is 0 Å². The lowest BCUT2D eigenvalue weighted by molar-refractivity contribution is 0.0978. The predicted molar refractivity (Wildman–Crippen MR) is 89.8 cm³/mol. The van der Waals surface area contributed by atoms with Gasteiger partial charge in [-0.15, -0.1) is 0 Å². The van der Waals surface area contributed by atoms with Crippen molar-refractivity contribution < 1.29 is 0 Å². The van der Waals surface area contributed by atoms with E-state index in [1.54, 1.807) is 0 Å². The number of piperazine rings is 1. The van der Waals surface area contributed by atoms with Crippen LogP contribution in [-0.4, -0.2) is 61.2 Å². The van der Waals surface area contributed by atoms with Crippen LogP contribution in [0.25, 0.3) is 0 Å². The Morgan fingerprint density at radius 3 is 2.00 bits per heavy atom. The Morgan fingerprint density at radius 2 is 1.33 bits per heavy atom. The van der Waals surface area contributed by atoms with Gasteiger partial charge >= 0.3 is 0 Å². The Kier molecular flexibility index (Phi) is 6.38. The van der Waals surface area contributed by atoms with Crippen LogP contribution in [0.1, 0.15) is 64.2 Å². The summed E-state index contributed by atoms with van der Waals surface area (Å²) in [6.45, 7) is 7.68. The first-order chi connectivity index (χ1) is 10.4. The highest BCUT2D eigenvalue weighted by molar-refractivity contribution is 4.82. The second-order valence-corrected chi connectivity index (χ2v) is 7.46. The summed E-state index contributed by atoms with van der Waals surface area (Å²) in [5.41, 5.74) is 0. The van der Waals surface area contributed by atoms with Crippen molar-refractivity contribution in [3.63, 3.8) is 0 Å². The van der Waals surface area contributed by atoms with Gasteiger partial charge in [0.15, 0.2) is 0 Å². The van der Waals surface area contributed by atoms with Gasteiger partial charge in [-0.05, 0) is 25.7 Å². The first-order valence-corrected chi connectivity index (χ1v) is 9.61. The van der Waals surface area contributed by atoms with Crippen LogP contribution < -0.4 is 5.32 Å². The van der Waals surface area contributed by atoms with E-state index < -0.39 is 0 Å². The van der Waals surface area contributed by atoms with Crippen LogP contribution in [0.15, 0.2) is 0 Å². The number of hydrogen-bond acceptors (Lipinski definition) is 3. The molecule has 3 nitrogen and oxygen atoms in total. The monoisotopic (exact) mass is 293 g/mol. The Bertz CT molecular complexity index is 272. The van der Waals surface area contributed by atoms with Crippen LogP contribution in [0, 0.1) is 0 Å². The minimum atomic E-state index is 0.812. The van der Waals surface area contributed by atoms with E-state index in [-0.39, 0.29) is 0 Å². The molecule has 1 saturated heterocycles. The lowest BCUT2D eigenvalue weighted by Crippen LogP contribution is -2.51. The minimum Gasteiger partial charge on any atom is -0.313 e. The Balaban J connectivity index is 1.28. The van der Waals surface area contributed by atoms with E-state index in [9.17, 15) is 0 Å². The van der Waals surface area contributed by atoms with Crippen molar-refractivity contribution in [2.24, 2.45) is 0 Å². The van der Waals surface area contributed by atoms with Gasteiger partial charge in [-0.2, -0.15) is 0 Å². The van der Waals surface area contributed by atoms with Crippen molar-refractivity contribution in [2.75, 3.05) is 39.3 Å². The molecule has 3 heteroatoms. The molecule has 2 aliphatic carbocycles. The SMILES string of the molecule is C1CCCC(NCCN2CCN(C3CCCC3)CC2)CC1. The summed E-state index contributed by atoms with van der Waals surface area (Å²) in [5, 5.41) is 3.82. The van der Waals surface area contributed by atoms with Gasteiger partial charge in [-0.3, -0.25) is 9.80 Å². The first-order valence-electron chi connectivity index (χ1n) is 9.61. The molecule has 0 bridgehead atoms. The first kappa shape index (κ1) is 15.8. The predicted octanol–water partition coefficient (Wildman–Crippen LogP) is 2.86. The summed E-state index contributed by atoms with van der Waals surface area (Å²) in [7, 11) is 0. The van der Waals surface area contributed by atoms with E-state index in [0.717, 1.165) is 12.1 Å². The summed E-state index contributed by atoms with van der Waals surface area (Å²) < 4.78 is 0. The van der Waals surface area contributed by atoms with E-state index in [1.807, 2.05) is 0 Å². The number of nitrogens with zero attached hydrogens (tertiary/aromatic N) is 2. The molecule has 0 aromatic carbocycles. The van der Waals surface area contributed by atoms with Gasteiger partial charge in [0.25, 0.3) is 0 Å². The van der Waals surface area contributed by atoms with Gasteiger partial charge in [0.05, 0.1) is 0 Å². The highest BCUT2D eigenvalue weighted by atomic mass is 15.3. The van der Waals surface area contributed by atoms with Gasteiger partial charge < -0.3 is 5.32 Å². The van der Waals surface area contributed by atoms with Crippen molar-refractivity contribution in [1.29, 1.82) is 0 Å². The van der Waals surface area contributed by atoms with Crippen molar-refractivity contribution in [3.05, 3.63) is 0 Å². The molecule has 0 amide bonds. The van der Waals surface area contributed by atoms with E-state index in [4.69, 9.17) is 0 Å². The summed E-state index contributed by atoms with van der Waals surface area (Å²) >= 11 is 0. The standard InChI is InChI=1S/C18H35N3/c1-2-4-8-17(7-3-1)19-11-12-20-13-15-21(16-14-20)18-9-5-6-10-18/h17-19H,1-16H2. The van der Waals surface area contributed by atoms with Crippen LogP contribution in [0.3, 0.4) is 0 Å². The van der Waals surface area contributed by atoms with Crippen molar-refractivity contribution >= 4 is 0 Å². The van der Waals surface area contributed by atoms with Crippen molar-refractivity contribution in [2.45, 2.75) is 76.3 Å². The van der Waals surface area contributed by atoms with Crippen molar-refractivity contribution in [1.82, 2.24) is 15.1 Å². The highest BCUT2D eigenvalue weighted by Gasteiger charge is 2.25. The van der Waals surface area contributed by atoms with Gasteiger partial charge in [-0.25, -0.2) is 0 Å². The van der Waals surface area contributed by atoms with Crippen LogP contribution in [0.5, 0.6) is 0 Å². The molecule has 3 rings (SSSR count). The lowest BCUT2D eigenvalue weighted by Gasteiger charge is -2.38. The molecule has 21 heavy (non-hydrogen) atoms. The van der Waals surface area contributed by atoms with E-state index in [2.05, 4.69) is 15.1 Å². The number of rotatable bonds is 5. The average molecular weight is 293 g/mol. The molecule has 3 aliphatic rings. The number of nitrogens with one attached hydrogen (secondary N) is 1. The molecule has 2 saturated carbocycles. The third kappa shape index (κ3) is 4.94. The fraction of sp³-hybridized carbons (Fsp3) is 1.00. The molecule has 0 radical (unpaired) electrons. The smallest absolute Gasteiger partial charge is 0.0113 e. The summed E-state index contributed by atoms with van der Waals surface area (Å²) in [4.78, 5) is 5.44. The summed E-state index contributed by atoms with van der Waals surface area (Å²) in [6, 6.07) is 1.74. The maximum Gasteiger partial charge on any atom is 0.0113 e. The molecular formula is C18H35N3. The van der Waals surface area contributed by atoms with E-state index in [1.165, 1.54) is 103 Å². The van der Waals surface area contributed by atoms with E-state index >= 15 is 0 Å². The molecule has 0 unspecified atom stereocenters. The van der Waals surface area contributed by atoms with Crippen LogP contribution in [-0.2, 0) is 0 Å². The maximum atomic E-state index is 3.82. The largest absolute Gasteiger partial charge is 0.313 e. The van der Waals surface area contributed by atoms with Gasteiger partial charge in [0, 0.05) is 51.4 Å². The Hall–Kier alpha value is -0.120. The molecular weight excluding hydrogens is 258 g/mol. The fourth-order valence-corrected chi connectivity index (χ4v) is 4.53. The van der Waals surface area contributed by atoms with Crippen LogP contribution in [0.4, 0.5) is 0 Å². The third-order valence-corrected chi connectivity index (χ3v) is 5.96. The minimum absolute atomic E-state index is 0.812. The quantitative estimate of drug-likeness (QED) is 0.786. The Labute approximate surface area is 131 Å². The molecule has 0 aromatic heterocycles. The molecule has 3 fully saturated rings. The average Bonchev–Trinajstić information content (AvgIpc) is 2.93. The van der Waals surface area contributed by atoms with Crippen molar-refractivity contribution in [3.8, 4) is 0 Å². The van der Waals surface area contributed by atoms with Crippen LogP contribution in [0.2, 0.25) is 0 Å². The maximum absolute atomic E-state index is 3.82. The summed E-state index contributed by atoms with van der Waals surface area (Å²) in [5.74, 6) is 0. The molecule has 1 N–H and O–H groups in total. The van der Waals surface area contributed by atoms with E-state index in [0.29, 0.717) is 0 Å². The van der Waals surface area contributed by atoms with Gasteiger partial charge in [0.1, 0.15) is 0 Å². The molecule has 0 atom stereocenters. The zero-order valence-electron chi connectivity index (χ0n) is 13.9. The second kappa shape index (κ2) is 8.50. The number of hydrogen-bond donors (Lipinski definition) is 1. The molecule has 0 aromatic rings. The third-order valence-electron chi connectivity index (χ3n) is 5.96. The van der Waals surface area contributed by atoms with Crippen LogP contribution >= 0.6 is 0 Å². The van der Waals surface area contributed by atoms with Gasteiger partial charge in [-0.1, -0.05) is 38.5 Å². The zero-order chi connectivity index (χ0) is 14.3. The fourth-order valence-electron chi connectivity index (χ4n) is 4.53. The topological polar surface area (TPSA) is 18.5 Å². The molecule has 0 spiro atoms. The molecule has 1 aliphatic heterocycles. The molecule has 122 valence electrons.